The third kappa shape index (κ3) is 4.46. The zero-order valence-corrected chi connectivity index (χ0v) is 14.6. The Kier molecular flexibility index (Phi) is 6.23. The number of pyridine rings is 1. The summed E-state index contributed by atoms with van der Waals surface area (Å²) in [7, 11) is 1.20. The molecule has 2 aromatic rings. The number of esters is 1. The number of aliphatic hydroxyl groups excluding tert-OH is 1. The van der Waals surface area contributed by atoms with E-state index in [1.54, 1.807) is 13.0 Å². The molecule has 1 amide bonds. The Morgan fingerprint density at radius 1 is 1.33 bits per heavy atom. The van der Waals surface area contributed by atoms with Crippen LogP contribution in [0.15, 0.2) is 47.9 Å². The highest BCUT2D eigenvalue weighted by Crippen LogP contribution is 2.27. The number of hydrogen-bond donors (Lipinski definition) is 2. The number of amides is 1. The van der Waals surface area contributed by atoms with Crippen molar-refractivity contribution in [3.63, 3.8) is 0 Å². The Morgan fingerprint density at radius 2 is 2.07 bits per heavy atom. The minimum Gasteiger partial charge on any atom is -0.511 e. The molecule has 1 aromatic heterocycles. The molecule has 0 unspecified atom stereocenters. The lowest BCUT2D eigenvalue weighted by Gasteiger charge is -2.11. The highest BCUT2D eigenvalue weighted by molar-refractivity contribution is 6.08. The third-order valence-electron chi connectivity index (χ3n) is 3.68. The van der Waals surface area contributed by atoms with Gasteiger partial charge in [0, 0.05) is 23.9 Å². The summed E-state index contributed by atoms with van der Waals surface area (Å²) in [6.45, 7) is 1.60. The van der Waals surface area contributed by atoms with Crippen LogP contribution in [0, 0.1) is 17.3 Å². The Bertz CT molecular complexity index is 946. The molecule has 2 N–H and O–H groups in total. The molecule has 7 nitrogen and oxygen atoms in total. The largest absolute Gasteiger partial charge is 0.511 e. The van der Waals surface area contributed by atoms with Gasteiger partial charge in [0.15, 0.2) is 5.57 Å². The molecule has 2 rings (SSSR count). The minimum atomic E-state index is -0.802. The first-order valence-corrected chi connectivity index (χ1v) is 7.89. The maximum absolute atomic E-state index is 13.0. The number of allylic oxidation sites excluding steroid dienone is 1. The molecule has 0 saturated carbocycles. The standard InChI is InChI=1S/C19H16FN3O4/c1-3-16(24)15(9-21)18(25)23-12-5-6-13(14(8-12)19(26)27-2)11-4-7-17(20)22-10-11/h4-8,10,24H,3H2,1-2H3,(H,23,25)/b16-15-. The average molecular weight is 369 g/mol. The predicted molar refractivity (Wildman–Crippen MR) is 95.2 cm³/mol. The maximum atomic E-state index is 13.0. The number of ether oxygens (including phenoxy) is 1. The van der Waals surface area contributed by atoms with Crippen LogP contribution in [0.25, 0.3) is 11.1 Å². The second-order valence-corrected chi connectivity index (χ2v) is 5.36. The highest BCUT2D eigenvalue weighted by atomic mass is 19.1. The van der Waals surface area contributed by atoms with Gasteiger partial charge in [-0.2, -0.15) is 9.65 Å². The van der Waals surface area contributed by atoms with E-state index in [1.807, 2.05) is 0 Å². The molecule has 0 aliphatic rings. The van der Waals surface area contributed by atoms with Crippen LogP contribution >= 0.6 is 0 Å². The molecule has 0 spiro atoms. The van der Waals surface area contributed by atoms with Crippen molar-refractivity contribution in [3.8, 4) is 17.2 Å². The van der Waals surface area contributed by atoms with E-state index in [0.717, 1.165) is 6.07 Å². The SMILES string of the molecule is CC/C(O)=C(\C#N)C(=O)Nc1ccc(-c2ccc(F)nc2)c(C(=O)OC)c1. The van der Waals surface area contributed by atoms with Gasteiger partial charge < -0.3 is 15.2 Å². The van der Waals surface area contributed by atoms with Crippen LogP contribution in [-0.2, 0) is 9.53 Å². The predicted octanol–water partition coefficient (Wildman–Crippen LogP) is 3.36. The van der Waals surface area contributed by atoms with Crippen molar-refractivity contribution in [2.75, 3.05) is 12.4 Å². The molecule has 8 heteroatoms. The maximum Gasteiger partial charge on any atom is 0.338 e. The highest BCUT2D eigenvalue weighted by Gasteiger charge is 2.18. The molecule has 1 heterocycles. The van der Waals surface area contributed by atoms with Crippen LogP contribution in [0.3, 0.4) is 0 Å². The first-order chi connectivity index (χ1) is 12.9. The topological polar surface area (TPSA) is 112 Å². The summed E-state index contributed by atoms with van der Waals surface area (Å²) >= 11 is 0. The number of methoxy groups -OCH3 is 1. The second-order valence-electron chi connectivity index (χ2n) is 5.36. The Labute approximate surface area is 154 Å². The molecule has 1 aromatic carbocycles. The quantitative estimate of drug-likeness (QED) is 0.275. The molecule has 0 fully saturated rings. The fraction of sp³-hybridized carbons (Fsp3) is 0.158. The zero-order chi connectivity index (χ0) is 20.0. The van der Waals surface area contributed by atoms with Crippen molar-refractivity contribution in [2.24, 2.45) is 0 Å². The van der Waals surface area contributed by atoms with E-state index in [1.165, 1.54) is 37.6 Å². The van der Waals surface area contributed by atoms with Gasteiger partial charge in [-0.15, -0.1) is 0 Å². The fourth-order valence-corrected chi connectivity index (χ4v) is 2.30. The molecule has 27 heavy (non-hydrogen) atoms. The van der Waals surface area contributed by atoms with Crippen molar-refractivity contribution in [1.29, 1.82) is 5.26 Å². The van der Waals surface area contributed by atoms with Crippen LogP contribution in [0.4, 0.5) is 10.1 Å². The van der Waals surface area contributed by atoms with Crippen LogP contribution in [-0.4, -0.2) is 29.1 Å². The minimum absolute atomic E-state index is 0.117. The van der Waals surface area contributed by atoms with Gasteiger partial charge in [-0.05, 0) is 29.8 Å². The Hall–Kier alpha value is -3.73. The molecular formula is C19H16FN3O4. The Morgan fingerprint density at radius 3 is 2.63 bits per heavy atom. The molecule has 0 bridgehead atoms. The number of aliphatic hydroxyl groups is 1. The molecular weight excluding hydrogens is 353 g/mol. The van der Waals surface area contributed by atoms with Crippen molar-refractivity contribution < 1.29 is 23.8 Å². The lowest BCUT2D eigenvalue weighted by atomic mass is 10.00. The fourth-order valence-electron chi connectivity index (χ4n) is 2.30. The van der Waals surface area contributed by atoms with Crippen molar-refractivity contribution in [1.82, 2.24) is 4.98 Å². The van der Waals surface area contributed by atoms with Gasteiger partial charge >= 0.3 is 5.97 Å². The summed E-state index contributed by atoms with van der Waals surface area (Å²) in [6, 6.07) is 8.66. The average Bonchev–Trinajstić information content (AvgIpc) is 2.68. The summed E-state index contributed by atoms with van der Waals surface area (Å²) in [5.74, 6) is -2.47. The normalized spacial score (nSPS) is 11.2. The first-order valence-electron chi connectivity index (χ1n) is 7.89. The smallest absolute Gasteiger partial charge is 0.338 e. The lowest BCUT2D eigenvalue weighted by Crippen LogP contribution is -2.16. The van der Waals surface area contributed by atoms with Crippen LogP contribution < -0.4 is 5.32 Å². The summed E-state index contributed by atoms with van der Waals surface area (Å²) in [5, 5.41) is 21.1. The molecule has 138 valence electrons. The summed E-state index contributed by atoms with van der Waals surface area (Å²) in [6.07, 6.45) is 1.39. The Balaban J connectivity index is 2.44. The van der Waals surface area contributed by atoms with E-state index in [4.69, 9.17) is 10.00 Å². The second kappa shape index (κ2) is 8.58. The monoisotopic (exact) mass is 369 g/mol. The van der Waals surface area contributed by atoms with Gasteiger partial charge in [0.2, 0.25) is 5.95 Å². The van der Waals surface area contributed by atoms with Crippen LogP contribution in [0.1, 0.15) is 23.7 Å². The molecule has 0 radical (unpaired) electrons. The van der Waals surface area contributed by atoms with Crippen molar-refractivity contribution in [3.05, 3.63) is 59.4 Å². The summed E-state index contributed by atoms with van der Waals surface area (Å²) < 4.78 is 17.8. The zero-order valence-electron chi connectivity index (χ0n) is 14.6. The van der Waals surface area contributed by atoms with Gasteiger partial charge in [-0.3, -0.25) is 4.79 Å². The first kappa shape index (κ1) is 19.6. The number of benzene rings is 1. The molecule has 0 saturated heterocycles. The number of nitriles is 1. The van der Waals surface area contributed by atoms with E-state index in [9.17, 15) is 19.1 Å². The van der Waals surface area contributed by atoms with E-state index >= 15 is 0 Å². The van der Waals surface area contributed by atoms with Crippen LogP contribution in [0.2, 0.25) is 0 Å². The number of halogens is 1. The lowest BCUT2D eigenvalue weighted by molar-refractivity contribution is -0.112. The number of nitrogens with one attached hydrogen (secondary N) is 1. The number of hydrogen-bond acceptors (Lipinski definition) is 6. The number of carbonyl (C=O) groups is 2. The van der Waals surface area contributed by atoms with Gasteiger partial charge in [0.25, 0.3) is 5.91 Å². The number of nitrogens with zero attached hydrogens (tertiary/aromatic N) is 2. The van der Waals surface area contributed by atoms with E-state index in [-0.39, 0.29) is 23.4 Å². The van der Waals surface area contributed by atoms with Gasteiger partial charge in [-0.1, -0.05) is 13.0 Å². The molecule has 0 aliphatic carbocycles. The molecule has 0 aliphatic heterocycles. The summed E-state index contributed by atoms with van der Waals surface area (Å²) in [5.41, 5.74) is 0.835. The van der Waals surface area contributed by atoms with E-state index in [2.05, 4.69) is 10.3 Å². The van der Waals surface area contributed by atoms with Crippen molar-refractivity contribution in [2.45, 2.75) is 13.3 Å². The van der Waals surface area contributed by atoms with Crippen LogP contribution in [0.5, 0.6) is 0 Å². The van der Waals surface area contributed by atoms with Gasteiger partial charge in [-0.25, -0.2) is 9.78 Å². The van der Waals surface area contributed by atoms with E-state index in [0.29, 0.717) is 11.1 Å². The van der Waals surface area contributed by atoms with Gasteiger partial charge in [0.05, 0.1) is 12.7 Å². The number of aromatic nitrogens is 1. The number of carbonyl (C=O) groups excluding carboxylic acids is 2. The number of rotatable bonds is 5. The summed E-state index contributed by atoms with van der Waals surface area (Å²) in [4.78, 5) is 27.9. The molecule has 0 atom stereocenters. The van der Waals surface area contributed by atoms with E-state index < -0.39 is 23.4 Å². The number of anilines is 1. The van der Waals surface area contributed by atoms with Gasteiger partial charge in [0.1, 0.15) is 11.8 Å². The third-order valence-corrected chi connectivity index (χ3v) is 3.68. The van der Waals surface area contributed by atoms with Crippen molar-refractivity contribution >= 4 is 17.6 Å².